The van der Waals surface area contributed by atoms with Crippen molar-refractivity contribution in [2.45, 2.75) is 30.2 Å². The van der Waals surface area contributed by atoms with Gasteiger partial charge < -0.3 is 5.32 Å². The molecule has 0 aliphatic heterocycles. The summed E-state index contributed by atoms with van der Waals surface area (Å²) in [5, 5.41) is 5.30. The number of nitrogens with zero attached hydrogens (tertiary/aromatic N) is 1. The van der Waals surface area contributed by atoms with Gasteiger partial charge in [0.25, 0.3) is 0 Å². The van der Waals surface area contributed by atoms with Crippen molar-refractivity contribution < 1.29 is 0 Å². The van der Waals surface area contributed by atoms with Crippen LogP contribution in [0.25, 0.3) is 0 Å². The molecule has 1 heterocycles. The van der Waals surface area contributed by atoms with Gasteiger partial charge in [0.1, 0.15) is 5.03 Å². The maximum Gasteiger partial charge on any atom is 0.115 e. The largest absolute Gasteiger partial charge is 0.316 e. The summed E-state index contributed by atoms with van der Waals surface area (Å²) in [7, 11) is 1.96. The zero-order chi connectivity index (χ0) is 10.6. The zero-order valence-corrected chi connectivity index (χ0v) is 10.2. The highest BCUT2D eigenvalue weighted by atomic mass is 35.5. The summed E-state index contributed by atoms with van der Waals surface area (Å²) in [5.74, 6) is 0. The Bertz CT molecular complexity index is 293. The fourth-order valence-electron chi connectivity index (χ4n) is 0.971. The van der Waals surface area contributed by atoms with Crippen LogP contribution < -0.4 is 5.32 Å². The Balaban J connectivity index is 2.64. The average molecular weight is 231 g/mol. The Kier molecular flexibility index (Phi) is 4.72. The number of nitrogens with one attached hydrogen (secondary N) is 1. The van der Waals surface area contributed by atoms with Gasteiger partial charge in [0.2, 0.25) is 0 Å². The molecule has 0 spiro atoms. The number of hydrogen-bond acceptors (Lipinski definition) is 3. The molecule has 2 unspecified atom stereocenters. The van der Waals surface area contributed by atoms with E-state index < -0.39 is 0 Å². The third-order valence-electron chi connectivity index (χ3n) is 2.18. The van der Waals surface area contributed by atoms with E-state index in [4.69, 9.17) is 11.6 Å². The summed E-state index contributed by atoms with van der Waals surface area (Å²) in [5.41, 5.74) is 0. The molecule has 0 saturated heterocycles. The quantitative estimate of drug-likeness (QED) is 0.806. The van der Waals surface area contributed by atoms with Gasteiger partial charge in [0, 0.05) is 17.5 Å². The summed E-state index contributed by atoms with van der Waals surface area (Å²) >= 11 is 7.71. The summed E-state index contributed by atoms with van der Waals surface area (Å²) in [6, 6.07) is 4.16. The predicted octanol–water partition coefficient (Wildman–Crippen LogP) is 2.82. The zero-order valence-electron chi connectivity index (χ0n) is 8.62. The van der Waals surface area contributed by atoms with Crippen molar-refractivity contribution in [2.24, 2.45) is 0 Å². The van der Waals surface area contributed by atoms with Crippen LogP contribution in [0, 0.1) is 0 Å². The van der Waals surface area contributed by atoms with Crippen LogP contribution in [-0.4, -0.2) is 23.3 Å². The minimum absolute atomic E-state index is 0.443. The van der Waals surface area contributed by atoms with Crippen molar-refractivity contribution in [1.29, 1.82) is 0 Å². The van der Waals surface area contributed by atoms with Crippen molar-refractivity contribution >= 4 is 23.4 Å². The summed E-state index contributed by atoms with van der Waals surface area (Å²) in [6.07, 6.45) is 1.77. The lowest BCUT2D eigenvalue weighted by Crippen LogP contribution is -2.30. The fourth-order valence-corrected chi connectivity index (χ4v) is 2.22. The maximum absolute atomic E-state index is 6.01. The van der Waals surface area contributed by atoms with Gasteiger partial charge in [-0.3, -0.25) is 0 Å². The van der Waals surface area contributed by atoms with Gasteiger partial charge >= 0.3 is 0 Å². The molecule has 0 fully saturated rings. The fraction of sp³-hybridized carbons (Fsp3) is 0.500. The summed E-state index contributed by atoms with van der Waals surface area (Å²) in [4.78, 5) is 4.24. The first-order chi connectivity index (χ1) is 6.65. The first-order valence-corrected chi connectivity index (χ1v) is 5.85. The molecule has 4 heteroatoms. The van der Waals surface area contributed by atoms with Gasteiger partial charge in [-0.25, -0.2) is 4.98 Å². The van der Waals surface area contributed by atoms with Crippen LogP contribution in [-0.2, 0) is 0 Å². The molecule has 14 heavy (non-hydrogen) atoms. The lowest BCUT2D eigenvalue weighted by atomic mass is 10.3. The monoisotopic (exact) mass is 230 g/mol. The molecule has 1 N–H and O–H groups in total. The summed E-state index contributed by atoms with van der Waals surface area (Å²) in [6.45, 7) is 4.31. The maximum atomic E-state index is 6.01. The van der Waals surface area contributed by atoms with Crippen LogP contribution in [0.2, 0.25) is 5.02 Å². The molecule has 1 rings (SSSR count). The van der Waals surface area contributed by atoms with E-state index in [2.05, 4.69) is 24.1 Å². The number of pyridine rings is 1. The van der Waals surface area contributed by atoms with Crippen LogP contribution in [0.5, 0.6) is 0 Å². The Labute approximate surface area is 94.5 Å². The van der Waals surface area contributed by atoms with E-state index in [0.29, 0.717) is 11.3 Å². The number of hydrogen-bond donors (Lipinski definition) is 1. The Morgan fingerprint density at radius 1 is 1.50 bits per heavy atom. The second kappa shape index (κ2) is 5.59. The highest BCUT2D eigenvalue weighted by molar-refractivity contribution is 8.00. The van der Waals surface area contributed by atoms with E-state index in [1.165, 1.54) is 0 Å². The van der Waals surface area contributed by atoms with Crippen LogP contribution >= 0.6 is 23.4 Å². The van der Waals surface area contributed by atoms with Gasteiger partial charge in [-0.15, -0.1) is 11.8 Å². The normalized spacial score (nSPS) is 15.1. The van der Waals surface area contributed by atoms with E-state index in [0.717, 1.165) is 10.0 Å². The molecule has 0 amide bonds. The second-order valence-electron chi connectivity index (χ2n) is 3.19. The molecule has 1 aromatic heterocycles. The smallest absolute Gasteiger partial charge is 0.115 e. The average Bonchev–Trinajstić information content (AvgIpc) is 2.20. The van der Waals surface area contributed by atoms with E-state index in [-0.39, 0.29) is 0 Å². The van der Waals surface area contributed by atoms with Crippen LogP contribution in [0.4, 0.5) is 0 Å². The molecule has 1 aromatic rings. The molecule has 0 aliphatic rings. The number of thioether (sulfide) groups is 1. The summed E-state index contributed by atoms with van der Waals surface area (Å²) < 4.78 is 0. The van der Waals surface area contributed by atoms with Gasteiger partial charge in [-0.2, -0.15) is 0 Å². The first kappa shape index (κ1) is 11.8. The molecule has 0 saturated carbocycles. The van der Waals surface area contributed by atoms with Gasteiger partial charge in [-0.05, 0) is 26.1 Å². The van der Waals surface area contributed by atoms with Crippen LogP contribution in [0.3, 0.4) is 0 Å². The van der Waals surface area contributed by atoms with Crippen molar-refractivity contribution in [3.63, 3.8) is 0 Å². The topological polar surface area (TPSA) is 24.9 Å². The first-order valence-electron chi connectivity index (χ1n) is 4.59. The standard InChI is InChI=1S/C10H15ClN2S/c1-7(12-3)8(2)14-10-9(11)5-4-6-13-10/h4-8,12H,1-3H3. The minimum atomic E-state index is 0.443. The van der Waals surface area contributed by atoms with Crippen molar-refractivity contribution in [1.82, 2.24) is 10.3 Å². The van der Waals surface area contributed by atoms with E-state index >= 15 is 0 Å². The number of halogens is 1. The predicted molar refractivity (Wildman–Crippen MR) is 63.1 cm³/mol. The van der Waals surface area contributed by atoms with Crippen molar-refractivity contribution in [2.75, 3.05) is 7.05 Å². The molecular weight excluding hydrogens is 216 g/mol. The highest BCUT2D eigenvalue weighted by Crippen LogP contribution is 2.28. The van der Waals surface area contributed by atoms with Gasteiger partial charge in [-0.1, -0.05) is 18.5 Å². The molecule has 78 valence electrons. The van der Waals surface area contributed by atoms with Crippen molar-refractivity contribution in [3.05, 3.63) is 23.4 Å². The Morgan fingerprint density at radius 3 is 2.79 bits per heavy atom. The SMILES string of the molecule is CNC(C)C(C)Sc1ncccc1Cl. The van der Waals surface area contributed by atoms with Gasteiger partial charge in [0.05, 0.1) is 5.02 Å². The van der Waals surface area contributed by atoms with E-state index in [1.807, 2.05) is 19.2 Å². The number of aromatic nitrogens is 1. The Morgan fingerprint density at radius 2 is 2.21 bits per heavy atom. The molecule has 0 aromatic carbocycles. The van der Waals surface area contributed by atoms with Crippen LogP contribution in [0.15, 0.2) is 23.4 Å². The second-order valence-corrected chi connectivity index (χ2v) is 4.96. The van der Waals surface area contributed by atoms with E-state index in [9.17, 15) is 0 Å². The number of rotatable bonds is 4. The molecule has 2 atom stereocenters. The van der Waals surface area contributed by atoms with Crippen molar-refractivity contribution in [3.8, 4) is 0 Å². The molecule has 2 nitrogen and oxygen atoms in total. The third-order valence-corrected chi connectivity index (χ3v) is 3.93. The van der Waals surface area contributed by atoms with Crippen LogP contribution in [0.1, 0.15) is 13.8 Å². The van der Waals surface area contributed by atoms with Gasteiger partial charge in [0.15, 0.2) is 0 Å². The minimum Gasteiger partial charge on any atom is -0.316 e. The molecule has 0 aliphatic carbocycles. The Hall–Kier alpha value is -0.250. The molecule has 0 radical (unpaired) electrons. The molecular formula is C10H15ClN2S. The molecule has 0 bridgehead atoms. The lowest BCUT2D eigenvalue weighted by Gasteiger charge is -2.18. The van der Waals surface area contributed by atoms with E-state index in [1.54, 1.807) is 18.0 Å². The highest BCUT2D eigenvalue weighted by Gasteiger charge is 2.13. The lowest BCUT2D eigenvalue weighted by molar-refractivity contribution is 0.605. The third kappa shape index (κ3) is 3.15.